The van der Waals surface area contributed by atoms with E-state index in [1.54, 1.807) is 32.3 Å². The van der Waals surface area contributed by atoms with Gasteiger partial charge in [-0.1, -0.05) is 13.8 Å². The van der Waals surface area contributed by atoms with Crippen LogP contribution in [0.2, 0.25) is 0 Å². The number of carbonyl (C=O) groups is 1. The molecule has 0 aliphatic rings. The van der Waals surface area contributed by atoms with Gasteiger partial charge in [0.1, 0.15) is 5.75 Å². The van der Waals surface area contributed by atoms with Crippen molar-refractivity contribution in [3.63, 3.8) is 0 Å². The van der Waals surface area contributed by atoms with Gasteiger partial charge in [-0.15, -0.1) is 0 Å². The highest BCUT2D eigenvalue weighted by molar-refractivity contribution is 5.95. The summed E-state index contributed by atoms with van der Waals surface area (Å²) in [5.74, 6) is 1.01. The van der Waals surface area contributed by atoms with Crippen molar-refractivity contribution in [2.45, 2.75) is 13.8 Å². The molecule has 0 atom stereocenters. The number of nitrogens with two attached hydrogens (primary N) is 1. The second kappa shape index (κ2) is 5.57. The molecule has 1 aromatic carbocycles. The number of nitrogens with zero attached hydrogens (tertiary/aromatic N) is 1. The van der Waals surface area contributed by atoms with Gasteiger partial charge in [-0.2, -0.15) is 0 Å². The van der Waals surface area contributed by atoms with Crippen LogP contribution in [0, 0.1) is 5.92 Å². The molecule has 0 heterocycles. The minimum Gasteiger partial charge on any atom is -0.491 e. The summed E-state index contributed by atoms with van der Waals surface area (Å²) >= 11 is 0. The molecule has 4 nitrogen and oxygen atoms in total. The fourth-order valence-electron chi connectivity index (χ4n) is 1.33. The number of benzene rings is 1. The van der Waals surface area contributed by atoms with Gasteiger partial charge in [0.05, 0.1) is 12.3 Å². The summed E-state index contributed by atoms with van der Waals surface area (Å²) in [7, 11) is 3.42. The fraction of sp³-hybridized carbons (Fsp3) is 0.462. The summed E-state index contributed by atoms with van der Waals surface area (Å²) in [6.07, 6.45) is 0. The van der Waals surface area contributed by atoms with E-state index in [1.165, 1.54) is 4.90 Å². The standard InChI is InChI=1S/C13H20N2O2/c1-9(2)8-17-12-6-5-10(7-11(12)14)13(16)15(3)4/h5-7,9H,8,14H2,1-4H3. The topological polar surface area (TPSA) is 55.6 Å². The maximum atomic E-state index is 11.7. The van der Waals surface area contributed by atoms with E-state index in [0.717, 1.165) is 0 Å². The van der Waals surface area contributed by atoms with E-state index in [2.05, 4.69) is 13.8 Å². The summed E-state index contributed by atoms with van der Waals surface area (Å²) in [6, 6.07) is 5.13. The van der Waals surface area contributed by atoms with E-state index in [9.17, 15) is 4.79 Å². The van der Waals surface area contributed by atoms with Gasteiger partial charge in [0.2, 0.25) is 0 Å². The third-order valence-corrected chi connectivity index (χ3v) is 2.24. The van der Waals surface area contributed by atoms with Gasteiger partial charge in [-0.25, -0.2) is 0 Å². The molecule has 0 aliphatic heterocycles. The number of ether oxygens (including phenoxy) is 1. The van der Waals surface area contributed by atoms with E-state index in [4.69, 9.17) is 10.5 Å². The molecule has 0 saturated heterocycles. The Kier molecular flexibility index (Phi) is 4.37. The van der Waals surface area contributed by atoms with Crippen molar-refractivity contribution in [1.29, 1.82) is 0 Å². The number of hydrogen-bond donors (Lipinski definition) is 1. The maximum absolute atomic E-state index is 11.7. The van der Waals surface area contributed by atoms with Gasteiger partial charge in [0.15, 0.2) is 0 Å². The molecule has 1 amide bonds. The average Bonchev–Trinajstić information content (AvgIpc) is 2.26. The molecule has 0 bridgehead atoms. The number of nitrogen functional groups attached to an aromatic ring is 1. The van der Waals surface area contributed by atoms with E-state index < -0.39 is 0 Å². The predicted molar refractivity (Wildman–Crippen MR) is 69.2 cm³/mol. The van der Waals surface area contributed by atoms with Crippen molar-refractivity contribution in [2.24, 2.45) is 5.92 Å². The van der Waals surface area contributed by atoms with Crippen LogP contribution in [0.1, 0.15) is 24.2 Å². The van der Waals surface area contributed by atoms with Gasteiger partial charge < -0.3 is 15.4 Å². The van der Waals surface area contributed by atoms with Gasteiger partial charge >= 0.3 is 0 Å². The predicted octanol–water partition coefficient (Wildman–Crippen LogP) is 2.01. The lowest BCUT2D eigenvalue weighted by Gasteiger charge is -2.14. The number of carbonyl (C=O) groups excluding carboxylic acids is 1. The zero-order chi connectivity index (χ0) is 13.0. The van der Waals surface area contributed by atoms with Crippen molar-refractivity contribution in [3.8, 4) is 5.75 Å². The molecule has 1 rings (SSSR count). The highest BCUT2D eigenvalue weighted by Crippen LogP contribution is 2.23. The van der Waals surface area contributed by atoms with Gasteiger partial charge in [0, 0.05) is 19.7 Å². The monoisotopic (exact) mass is 236 g/mol. The number of rotatable bonds is 4. The highest BCUT2D eigenvalue weighted by atomic mass is 16.5. The Bertz CT molecular complexity index is 400. The van der Waals surface area contributed by atoms with Crippen LogP contribution < -0.4 is 10.5 Å². The number of amides is 1. The van der Waals surface area contributed by atoms with Crippen molar-refractivity contribution >= 4 is 11.6 Å². The Morgan fingerprint density at radius 1 is 1.41 bits per heavy atom. The lowest BCUT2D eigenvalue weighted by Crippen LogP contribution is -2.21. The largest absolute Gasteiger partial charge is 0.491 e. The third-order valence-electron chi connectivity index (χ3n) is 2.24. The van der Waals surface area contributed by atoms with Crippen molar-refractivity contribution in [1.82, 2.24) is 4.90 Å². The van der Waals surface area contributed by atoms with E-state index in [1.807, 2.05) is 0 Å². The van der Waals surface area contributed by atoms with Crippen LogP contribution in [0.3, 0.4) is 0 Å². The number of anilines is 1. The molecular formula is C13H20N2O2. The Labute approximate surface area is 102 Å². The molecule has 0 aliphatic carbocycles. The highest BCUT2D eigenvalue weighted by Gasteiger charge is 2.10. The summed E-state index contributed by atoms with van der Waals surface area (Å²) in [5, 5.41) is 0. The van der Waals surface area contributed by atoms with Crippen LogP contribution in [0.5, 0.6) is 5.75 Å². The van der Waals surface area contributed by atoms with E-state index in [-0.39, 0.29) is 5.91 Å². The van der Waals surface area contributed by atoms with E-state index >= 15 is 0 Å². The Hall–Kier alpha value is -1.71. The third kappa shape index (κ3) is 3.66. The molecule has 0 unspecified atom stereocenters. The minimum absolute atomic E-state index is 0.0629. The molecular weight excluding hydrogens is 216 g/mol. The second-order valence-corrected chi connectivity index (χ2v) is 4.66. The van der Waals surface area contributed by atoms with Gasteiger partial charge in [-0.05, 0) is 24.1 Å². The van der Waals surface area contributed by atoms with Crippen molar-refractivity contribution in [2.75, 3.05) is 26.4 Å². The molecule has 2 N–H and O–H groups in total. The van der Waals surface area contributed by atoms with Crippen molar-refractivity contribution in [3.05, 3.63) is 23.8 Å². The smallest absolute Gasteiger partial charge is 0.253 e. The number of hydrogen-bond acceptors (Lipinski definition) is 3. The van der Waals surface area contributed by atoms with Crippen LogP contribution >= 0.6 is 0 Å². The van der Waals surface area contributed by atoms with Crippen LogP contribution in [-0.4, -0.2) is 31.5 Å². The van der Waals surface area contributed by atoms with Crippen LogP contribution in [0.15, 0.2) is 18.2 Å². The van der Waals surface area contributed by atoms with Crippen LogP contribution in [0.25, 0.3) is 0 Å². The minimum atomic E-state index is -0.0629. The van der Waals surface area contributed by atoms with Crippen molar-refractivity contribution < 1.29 is 9.53 Å². The summed E-state index contributed by atoms with van der Waals surface area (Å²) < 4.78 is 5.54. The average molecular weight is 236 g/mol. The normalized spacial score (nSPS) is 10.4. The first-order chi connectivity index (χ1) is 7.91. The Balaban J connectivity index is 2.83. The van der Waals surface area contributed by atoms with Crippen LogP contribution in [0.4, 0.5) is 5.69 Å². The van der Waals surface area contributed by atoms with E-state index in [0.29, 0.717) is 29.5 Å². The first-order valence-corrected chi connectivity index (χ1v) is 5.65. The first kappa shape index (κ1) is 13.4. The molecule has 4 heteroatoms. The summed E-state index contributed by atoms with van der Waals surface area (Å²) in [5.41, 5.74) is 6.92. The molecule has 0 saturated carbocycles. The zero-order valence-corrected chi connectivity index (χ0v) is 10.9. The maximum Gasteiger partial charge on any atom is 0.253 e. The Morgan fingerprint density at radius 3 is 2.53 bits per heavy atom. The summed E-state index contributed by atoms with van der Waals surface area (Å²) in [4.78, 5) is 13.2. The lowest BCUT2D eigenvalue weighted by atomic mass is 10.1. The SMILES string of the molecule is CC(C)COc1ccc(C(=O)N(C)C)cc1N. The molecule has 0 spiro atoms. The van der Waals surface area contributed by atoms with Gasteiger partial charge in [-0.3, -0.25) is 4.79 Å². The molecule has 17 heavy (non-hydrogen) atoms. The summed E-state index contributed by atoms with van der Waals surface area (Å²) in [6.45, 7) is 4.76. The molecule has 0 aromatic heterocycles. The molecule has 94 valence electrons. The second-order valence-electron chi connectivity index (χ2n) is 4.66. The fourth-order valence-corrected chi connectivity index (χ4v) is 1.33. The van der Waals surface area contributed by atoms with Crippen LogP contribution in [-0.2, 0) is 0 Å². The van der Waals surface area contributed by atoms with Gasteiger partial charge in [0.25, 0.3) is 5.91 Å². The molecule has 0 fully saturated rings. The quantitative estimate of drug-likeness (QED) is 0.813. The molecule has 0 radical (unpaired) electrons. The lowest BCUT2D eigenvalue weighted by molar-refractivity contribution is 0.0827. The first-order valence-electron chi connectivity index (χ1n) is 5.65. The molecule has 1 aromatic rings. The Morgan fingerprint density at radius 2 is 2.06 bits per heavy atom. The zero-order valence-electron chi connectivity index (χ0n) is 10.9.